The predicted molar refractivity (Wildman–Crippen MR) is 90.8 cm³/mol. The Labute approximate surface area is 126 Å². The lowest BCUT2D eigenvalue weighted by atomic mass is 9.98. The van der Waals surface area contributed by atoms with Gasteiger partial charge in [-0.05, 0) is 47.1 Å². The van der Waals surface area contributed by atoms with E-state index in [2.05, 4.69) is 72.7 Å². The molecular weight excluding hydrogens is 256 g/mol. The van der Waals surface area contributed by atoms with Gasteiger partial charge in [-0.1, -0.05) is 44.2 Å². The van der Waals surface area contributed by atoms with Gasteiger partial charge in [0.2, 0.25) is 0 Å². The van der Waals surface area contributed by atoms with Gasteiger partial charge in [-0.25, -0.2) is 0 Å². The van der Waals surface area contributed by atoms with Gasteiger partial charge in [0.05, 0.1) is 5.52 Å². The smallest absolute Gasteiger partial charge is 0.0504 e. The van der Waals surface area contributed by atoms with Gasteiger partial charge < -0.3 is 10.3 Å². The molecule has 2 nitrogen and oxygen atoms in total. The van der Waals surface area contributed by atoms with Gasteiger partial charge >= 0.3 is 0 Å². The fraction of sp³-hybridized carbons (Fsp3) is 0.263. The number of H-pyrrole nitrogens is 1. The van der Waals surface area contributed by atoms with E-state index < -0.39 is 0 Å². The van der Waals surface area contributed by atoms with Crippen molar-refractivity contribution < 1.29 is 0 Å². The van der Waals surface area contributed by atoms with Crippen LogP contribution in [0.1, 0.15) is 37.3 Å². The lowest BCUT2D eigenvalue weighted by Gasteiger charge is -2.11. The van der Waals surface area contributed by atoms with E-state index in [1.807, 2.05) is 6.20 Å². The summed E-state index contributed by atoms with van der Waals surface area (Å²) in [7, 11) is 0. The van der Waals surface area contributed by atoms with Gasteiger partial charge in [0.15, 0.2) is 0 Å². The van der Waals surface area contributed by atoms with Crippen LogP contribution in [0, 0.1) is 0 Å². The van der Waals surface area contributed by atoms with Crippen LogP contribution < -0.4 is 5.32 Å². The molecule has 1 aromatic heterocycles. The summed E-state index contributed by atoms with van der Waals surface area (Å²) >= 11 is 0. The lowest BCUT2D eigenvalue weighted by molar-refractivity contribution is 0.734. The van der Waals surface area contributed by atoms with Crippen molar-refractivity contribution in [1.82, 2.24) is 4.98 Å². The van der Waals surface area contributed by atoms with Gasteiger partial charge in [0.1, 0.15) is 0 Å². The number of nitrogens with one attached hydrogen (secondary N) is 2. The van der Waals surface area contributed by atoms with Crippen LogP contribution in [-0.4, -0.2) is 4.98 Å². The lowest BCUT2D eigenvalue weighted by Crippen LogP contribution is -2.00. The fourth-order valence-electron chi connectivity index (χ4n) is 2.66. The highest BCUT2D eigenvalue weighted by molar-refractivity contribution is 5.82. The van der Waals surface area contributed by atoms with Gasteiger partial charge in [0, 0.05) is 18.4 Å². The first-order valence-corrected chi connectivity index (χ1v) is 7.66. The number of para-hydroxylation sites is 1. The Morgan fingerprint density at radius 1 is 1.05 bits per heavy atom. The van der Waals surface area contributed by atoms with Crippen molar-refractivity contribution >= 4 is 16.6 Å². The number of hydrogen-bond donors (Lipinski definition) is 2. The van der Waals surface area contributed by atoms with Crippen molar-refractivity contribution in [3.8, 4) is 0 Å². The molecular formula is C19H22N2. The van der Waals surface area contributed by atoms with E-state index in [0.29, 0.717) is 5.92 Å². The van der Waals surface area contributed by atoms with Crippen LogP contribution in [0.2, 0.25) is 0 Å². The first kappa shape index (κ1) is 13.7. The van der Waals surface area contributed by atoms with Crippen LogP contribution in [0.5, 0.6) is 0 Å². The van der Waals surface area contributed by atoms with Gasteiger partial charge in [-0.2, -0.15) is 0 Å². The summed E-state index contributed by atoms with van der Waals surface area (Å²) in [5.41, 5.74) is 5.10. The van der Waals surface area contributed by atoms with Crippen LogP contribution in [-0.2, 0) is 6.54 Å². The quantitative estimate of drug-likeness (QED) is 0.651. The summed E-state index contributed by atoms with van der Waals surface area (Å²) in [6.45, 7) is 5.34. The van der Waals surface area contributed by atoms with Crippen molar-refractivity contribution in [3.05, 3.63) is 65.9 Å². The van der Waals surface area contributed by atoms with Crippen molar-refractivity contribution in [2.45, 2.75) is 32.7 Å². The van der Waals surface area contributed by atoms with Crippen LogP contribution in [0.15, 0.2) is 54.7 Å². The molecule has 2 aromatic carbocycles. The summed E-state index contributed by atoms with van der Waals surface area (Å²) < 4.78 is 0. The van der Waals surface area contributed by atoms with Crippen LogP contribution in [0.4, 0.5) is 5.69 Å². The zero-order valence-electron chi connectivity index (χ0n) is 12.7. The fourth-order valence-corrected chi connectivity index (χ4v) is 2.66. The molecule has 3 aromatic rings. The SMILES string of the molecule is CCC(C)c1ccc(NCc2cccc3cc[nH]c23)cc1. The van der Waals surface area contributed by atoms with Crippen LogP contribution >= 0.6 is 0 Å². The largest absolute Gasteiger partial charge is 0.381 e. The Kier molecular flexibility index (Phi) is 3.96. The molecule has 0 spiro atoms. The highest BCUT2D eigenvalue weighted by Crippen LogP contribution is 2.22. The van der Waals surface area contributed by atoms with Crippen molar-refractivity contribution in [1.29, 1.82) is 0 Å². The molecule has 0 bridgehead atoms. The number of rotatable bonds is 5. The second-order valence-corrected chi connectivity index (χ2v) is 5.64. The molecule has 0 amide bonds. The van der Waals surface area contributed by atoms with E-state index in [0.717, 1.165) is 6.54 Å². The average Bonchev–Trinajstić information content (AvgIpc) is 3.02. The number of fused-ring (bicyclic) bond motifs is 1. The summed E-state index contributed by atoms with van der Waals surface area (Å²) in [6, 6.07) is 17.3. The second-order valence-electron chi connectivity index (χ2n) is 5.64. The van der Waals surface area contributed by atoms with Gasteiger partial charge in [-0.15, -0.1) is 0 Å². The van der Waals surface area contributed by atoms with E-state index in [1.54, 1.807) is 0 Å². The summed E-state index contributed by atoms with van der Waals surface area (Å²) in [4.78, 5) is 3.32. The molecule has 21 heavy (non-hydrogen) atoms. The minimum atomic E-state index is 0.631. The van der Waals surface area contributed by atoms with E-state index in [9.17, 15) is 0 Å². The summed E-state index contributed by atoms with van der Waals surface area (Å²) in [6.07, 6.45) is 3.18. The Morgan fingerprint density at radius 3 is 2.62 bits per heavy atom. The molecule has 0 aliphatic rings. The predicted octanol–water partition coefficient (Wildman–Crippen LogP) is 5.29. The van der Waals surface area contributed by atoms with E-state index >= 15 is 0 Å². The number of hydrogen-bond acceptors (Lipinski definition) is 1. The topological polar surface area (TPSA) is 27.8 Å². The van der Waals surface area contributed by atoms with Gasteiger partial charge in [-0.3, -0.25) is 0 Å². The zero-order chi connectivity index (χ0) is 14.7. The van der Waals surface area contributed by atoms with Crippen LogP contribution in [0.25, 0.3) is 10.9 Å². The van der Waals surface area contributed by atoms with Crippen molar-refractivity contribution in [2.75, 3.05) is 5.32 Å². The summed E-state index contributed by atoms with van der Waals surface area (Å²) in [5, 5.41) is 4.77. The van der Waals surface area contributed by atoms with Crippen LogP contribution in [0.3, 0.4) is 0 Å². The van der Waals surface area contributed by atoms with E-state index in [4.69, 9.17) is 0 Å². The molecule has 0 fully saturated rings. The third-order valence-electron chi connectivity index (χ3n) is 4.25. The van der Waals surface area contributed by atoms with Crippen molar-refractivity contribution in [3.63, 3.8) is 0 Å². The highest BCUT2D eigenvalue weighted by Gasteiger charge is 2.04. The molecule has 108 valence electrons. The molecule has 3 rings (SSSR count). The monoisotopic (exact) mass is 278 g/mol. The third kappa shape index (κ3) is 2.94. The first-order chi connectivity index (χ1) is 10.3. The molecule has 0 aliphatic carbocycles. The highest BCUT2D eigenvalue weighted by atomic mass is 14.9. The standard InChI is InChI=1S/C19H22N2/c1-3-14(2)15-7-9-18(10-8-15)21-13-17-6-4-5-16-11-12-20-19(16)17/h4-12,14,20-21H,3,13H2,1-2H3. The minimum Gasteiger partial charge on any atom is -0.381 e. The molecule has 0 radical (unpaired) electrons. The molecule has 2 heteroatoms. The zero-order valence-corrected chi connectivity index (χ0v) is 12.7. The Balaban J connectivity index is 1.71. The number of benzene rings is 2. The molecule has 1 heterocycles. The molecule has 0 saturated heterocycles. The molecule has 0 saturated carbocycles. The maximum absolute atomic E-state index is 3.51. The maximum atomic E-state index is 3.51. The Morgan fingerprint density at radius 2 is 1.86 bits per heavy atom. The molecule has 1 atom stereocenters. The number of aromatic amines is 1. The number of anilines is 1. The third-order valence-corrected chi connectivity index (χ3v) is 4.25. The normalized spacial score (nSPS) is 12.5. The number of aromatic nitrogens is 1. The maximum Gasteiger partial charge on any atom is 0.0504 e. The molecule has 0 aliphatic heterocycles. The Hall–Kier alpha value is -2.22. The van der Waals surface area contributed by atoms with Gasteiger partial charge in [0.25, 0.3) is 0 Å². The second kappa shape index (κ2) is 6.04. The van der Waals surface area contributed by atoms with E-state index in [1.165, 1.54) is 34.1 Å². The minimum absolute atomic E-state index is 0.631. The molecule has 2 N–H and O–H groups in total. The molecule has 1 unspecified atom stereocenters. The van der Waals surface area contributed by atoms with E-state index in [-0.39, 0.29) is 0 Å². The van der Waals surface area contributed by atoms with Crippen molar-refractivity contribution in [2.24, 2.45) is 0 Å². The summed E-state index contributed by atoms with van der Waals surface area (Å²) in [5.74, 6) is 0.631. The first-order valence-electron chi connectivity index (χ1n) is 7.66. The average molecular weight is 278 g/mol. The Bertz CT molecular complexity index is 710.